The van der Waals surface area contributed by atoms with Crippen LogP contribution in [-0.2, 0) is 4.79 Å². The Kier molecular flexibility index (Phi) is 6.15. The molecule has 0 aliphatic heterocycles. The molecule has 28 heavy (non-hydrogen) atoms. The lowest BCUT2D eigenvalue weighted by atomic mass is 10.1. The van der Waals surface area contributed by atoms with Gasteiger partial charge in [-0.2, -0.15) is 4.68 Å². The molecule has 3 rings (SSSR count). The van der Waals surface area contributed by atoms with E-state index in [1.807, 2.05) is 32.0 Å². The zero-order chi connectivity index (χ0) is 20.1. The maximum atomic E-state index is 12.4. The summed E-state index contributed by atoms with van der Waals surface area (Å²) in [5, 5.41) is 15.2. The van der Waals surface area contributed by atoms with E-state index >= 15 is 0 Å². The average molecular weight is 399 g/mol. The smallest absolute Gasteiger partial charge is 0.234 e. The number of para-hydroxylation sites is 1. The van der Waals surface area contributed by atoms with E-state index in [1.165, 1.54) is 16.4 Å². The van der Waals surface area contributed by atoms with Crippen LogP contribution in [0.1, 0.15) is 11.1 Å². The first-order chi connectivity index (χ1) is 13.5. The zero-order valence-corrected chi connectivity index (χ0v) is 16.9. The number of aryl methyl sites for hydroxylation is 2. The molecule has 0 saturated carbocycles. The highest BCUT2D eigenvalue weighted by atomic mass is 32.2. The fraction of sp³-hybridized carbons (Fsp3) is 0.263. The quantitative estimate of drug-likeness (QED) is 0.611. The Morgan fingerprint density at radius 2 is 1.89 bits per heavy atom. The molecule has 0 aliphatic carbocycles. The number of hydrogen-bond acceptors (Lipinski definition) is 7. The van der Waals surface area contributed by atoms with E-state index in [1.54, 1.807) is 32.4 Å². The predicted molar refractivity (Wildman–Crippen MR) is 108 cm³/mol. The number of anilines is 1. The van der Waals surface area contributed by atoms with Crippen molar-refractivity contribution < 1.29 is 14.3 Å². The molecule has 0 radical (unpaired) electrons. The molecular weight excluding hydrogens is 378 g/mol. The molecule has 0 bridgehead atoms. The molecule has 0 unspecified atom stereocenters. The van der Waals surface area contributed by atoms with Crippen LogP contribution in [0.15, 0.2) is 41.6 Å². The molecule has 0 atom stereocenters. The van der Waals surface area contributed by atoms with Crippen LogP contribution in [0.2, 0.25) is 0 Å². The van der Waals surface area contributed by atoms with Crippen molar-refractivity contribution in [3.8, 4) is 17.2 Å². The summed E-state index contributed by atoms with van der Waals surface area (Å²) in [6.45, 7) is 3.93. The SMILES string of the molecule is COc1ccc(OC)c(-n2nnnc2SCC(=O)Nc2c(C)cccc2C)c1. The third kappa shape index (κ3) is 4.25. The highest BCUT2D eigenvalue weighted by Crippen LogP contribution is 2.29. The molecule has 0 aliphatic rings. The number of nitrogens with one attached hydrogen (secondary N) is 1. The summed E-state index contributed by atoms with van der Waals surface area (Å²) in [5.74, 6) is 1.28. The Hall–Kier alpha value is -3.07. The highest BCUT2D eigenvalue weighted by Gasteiger charge is 2.16. The summed E-state index contributed by atoms with van der Waals surface area (Å²) in [4.78, 5) is 12.4. The first-order valence-corrected chi connectivity index (χ1v) is 9.51. The second-order valence-corrected chi connectivity index (χ2v) is 6.96. The van der Waals surface area contributed by atoms with Gasteiger partial charge in [-0.25, -0.2) is 0 Å². The maximum absolute atomic E-state index is 12.4. The Bertz CT molecular complexity index is 969. The first-order valence-electron chi connectivity index (χ1n) is 8.53. The van der Waals surface area contributed by atoms with Crippen molar-refractivity contribution in [3.63, 3.8) is 0 Å². The van der Waals surface area contributed by atoms with Gasteiger partial charge in [0, 0.05) is 11.8 Å². The number of amides is 1. The summed E-state index contributed by atoms with van der Waals surface area (Å²) >= 11 is 1.24. The van der Waals surface area contributed by atoms with Crippen LogP contribution >= 0.6 is 11.8 Å². The van der Waals surface area contributed by atoms with Crippen LogP contribution in [0, 0.1) is 13.8 Å². The van der Waals surface area contributed by atoms with Crippen LogP contribution in [-0.4, -0.2) is 46.1 Å². The molecule has 1 amide bonds. The number of tetrazole rings is 1. The molecule has 0 spiro atoms. The molecule has 1 heterocycles. The first kappa shape index (κ1) is 19.7. The van der Waals surface area contributed by atoms with Crippen LogP contribution < -0.4 is 14.8 Å². The Morgan fingerprint density at radius 1 is 1.14 bits per heavy atom. The Balaban J connectivity index is 1.76. The number of rotatable bonds is 7. The van der Waals surface area contributed by atoms with Gasteiger partial charge in [-0.1, -0.05) is 30.0 Å². The van der Waals surface area contributed by atoms with Crippen LogP contribution in [0.3, 0.4) is 0 Å². The van der Waals surface area contributed by atoms with Gasteiger partial charge in [0.25, 0.3) is 0 Å². The normalized spacial score (nSPS) is 10.6. The van der Waals surface area contributed by atoms with Crippen molar-refractivity contribution in [3.05, 3.63) is 47.5 Å². The lowest BCUT2D eigenvalue weighted by molar-refractivity contribution is -0.113. The lowest BCUT2D eigenvalue weighted by Gasteiger charge is -2.12. The van der Waals surface area contributed by atoms with Gasteiger partial charge in [-0.15, -0.1) is 5.10 Å². The third-order valence-electron chi connectivity index (χ3n) is 4.13. The molecule has 1 aromatic heterocycles. The van der Waals surface area contributed by atoms with Gasteiger partial charge in [-0.3, -0.25) is 4.79 Å². The van der Waals surface area contributed by atoms with E-state index in [9.17, 15) is 4.79 Å². The van der Waals surface area contributed by atoms with E-state index in [-0.39, 0.29) is 11.7 Å². The van der Waals surface area contributed by atoms with Gasteiger partial charge >= 0.3 is 0 Å². The summed E-state index contributed by atoms with van der Waals surface area (Å²) in [6.07, 6.45) is 0. The molecule has 0 saturated heterocycles. The van der Waals surface area contributed by atoms with Crippen molar-refractivity contribution in [2.45, 2.75) is 19.0 Å². The monoisotopic (exact) mass is 399 g/mol. The molecule has 3 aromatic rings. The van der Waals surface area contributed by atoms with Gasteiger partial charge in [-0.05, 0) is 47.5 Å². The van der Waals surface area contributed by atoms with Crippen LogP contribution in [0.25, 0.3) is 5.69 Å². The number of carbonyl (C=O) groups is 1. The number of nitrogens with zero attached hydrogens (tertiary/aromatic N) is 4. The van der Waals surface area contributed by atoms with Gasteiger partial charge < -0.3 is 14.8 Å². The van der Waals surface area contributed by atoms with Crippen molar-refractivity contribution in [2.75, 3.05) is 25.3 Å². The van der Waals surface area contributed by atoms with Gasteiger partial charge in [0.2, 0.25) is 11.1 Å². The van der Waals surface area contributed by atoms with Crippen molar-refractivity contribution in [2.24, 2.45) is 0 Å². The number of methoxy groups -OCH3 is 2. The molecule has 2 aromatic carbocycles. The fourth-order valence-corrected chi connectivity index (χ4v) is 3.38. The van der Waals surface area contributed by atoms with E-state index in [0.29, 0.717) is 22.3 Å². The molecular formula is C19H21N5O3S. The number of thioether (sulfide) groups is 1. The van der Waals surface area contributed by atoms with Crippen molar-refractivity contribution in [1.82, 2.24) is 20.2 Å². The van der Waals surface area contributed by atoms with E-state index in [4.69, 9.17) is 9.47 Å². The summed E-state index contributed by atoms with van der Waals surface area (Å²) in [6, 6.07) is 11.2. The Morgan fingerprint density at radius 3 is 2.57 bits per heavy atom. The average Bonchev–Trinajstić information content (AvgIpc) is 3.17. The summed E-state index contributed by atoms with van der Waals surface area (Å²) in [7, 11) is 3.15. The third-order valence-corrected chi connectivity index (χ3v) is 5.05. The number of hydrogen-bond donors (Lipinski definition) is 1. The van der Waals surface area contributed by atoms with Gasteiger partial charge in [0.15, 0.2) is 0 Å². The lowest BCUT2D eigenvalue weighted by Crippen LogP contribution is -2.16. The van der Waals surface area contributed by atoms with E-state index < -0.39 is 0 Å². The fourth-order valence-electron chi connectivity index (χ4n) is 2.70. The second kappa shape index (κ2) is 8.75. The minimum Gasteiger partial charge on any atom is -0.497 e. The Labute approximate surface area is 167 Å². The van der Waals surface area contributed by atoms with Gasteiger partial charge in [0.1, 0.15) is 17.2 Å². The number of ether oxygens (including phenoxy) is 2. The zero-order valence-electron chi connectivity index (χ0n) is 16.1. The highest BCUT2D eigenvalue weighted by molar-refractivity contribution is 7.99. The largest absolute Gasteiger partial charge is 0.497 e. The summed E-state index contributed by atoms with van der Waals surface area (Å²) in [5.41, 5.74) is 3.50. The van der Waals surface area contributed by atoms with Crippen LogP contribution in [0.5, 0.6) is 11.5 Å². The predicted octanol–water partition coefficient (Wildman–Crippen LogP) is 3.03. The minimum absolute atomic E-state index is 0.130. The van der Waals surface area contributed by atoms with Crippen molar-refractivity contribution in [1.29, 1.82) is 0 Å². The summed E-state index contributed by atoms with van der Waals surface area (Å²) < 4.78 is 12.2. The topological polar surface area (TPSA) is 91.2 Å². The van der Waals surface area contributed by atoms with E-state index in [2.05, 4.69) is 20.8 Å². The number of carbonyl (C=O) groups excluding carboxylic acids is 1. The molecule has 1 N–H and O–H groups in total. The molecule has 9 heteroatoms. The van der Waals surface area contributed by atoms with Crippen LogP contribution in [0.4, 0.5) is 5.69 Å². The standard InChI is InChI=1S/C19H21N5O3S/c1-12-6-5-7-13(2)18(12)20-17(25)11-28-19-21-22-23-24(19)15-10-14(26-3)8-9-16(15)27-4/h5-10H,11H2,1-4H3,(H,20,25). The molecule has 146 valence electrons. The second-order valence-electron chi connectivity index (χ2n) is 6.01. The molecule has 0 fully saturated rings. The molecule has 8 nitrogen and oxygen atoms in total. The van der Waals surface area contributed by atoms with E-state index in [0.717, 1.165) is 16.8 Å². The van der Waals surface area contributed by atoms with Crippen molar-refractivity contribution >= 4 is 23.4 Å². The van der Waals surface area contributed by atoms with Gasteiger partial charge in [0.05, 0.1) is 20.0 Å². The number of benzene rings is 2. The number of aromatic nitrogens is 4. The minimum atomic E-state index is -0.130. The maximum Gasteiger partial charge on any atom is 0.234 e.